The molecule has 1 amide bonds. The van der Waals surface area contributed by atoms with Crippen LogP contribution in [0.3, 0.4) is 0 Å². The number of hydrogen-bond acceptors (Lipinski definition) is 6. The highest BCUT2D eigenvalue weighted by molar-refractivity contribution is 5.94. The van der Waals surface area contributed by atoms with Gasteiger partial charge in [0.25, 0.3) is 5.91 Å². The van der Waals surface area contributed by atoms with Crippen LogP contribution in [0.2, 0.25) is 0 Å². The number of rotatable bonds is 8. The molecular formula is C23H29NO6. The molecule has 1 aliphatic rings. The van der Waals surface area contributed by atoms with Gasteiger partial charge in [0.1, 0.15) is 17.4 Å². The number of para-hydroxylation sites is 1. The van der Waals surface area contributed by atoms with Crippen molar-refractivity contribution in [1.82, 2.24) is 5.32 Å². The van der Waals surface area contributed by atoms with Gasteiger partial charge in [-0.3, -0.25) is 4.79 Å². The highest BCUT2D eigenvalue weighted by Crippen LogP contribution is 2.27. The summed E-state index contributed by atoms with van der Waals surface area (Å²) in [6.07, 6.45) is 4.40. The lowest BCUT2D eigenvalue weighted by molar-refractivity contribution is -0.115. The SMILES string of the molecule is CC#CC(=O)N/C=C/CC(C[C@H]1C[C@@H](O)C[C@H](CC)O1)OC(=O)c1ccccc1O. The van der Waals surface area contributed by atoms with Crippen molar-refractivity contribution in [2.24, 2.45) is 0 Å². The Balaban J connectivity index is 2.05. The first-order valence-corrected chi connectivity index (χ1v) is 10.1. The Labute approximate surface area is 177 Å². The molecule has 1 saturated heterocycles. The Hall–Kier alpha value is -2.82. The number of esters is 1. The van der Waals surface area contributed by atoms with Crippen LogP contribution in [0.25, 0.3) is 0 Å². The molecule has 7 nitrogen and oxygen atoms in total. The molecule has 1 heterocycles. The largest absolute Gasteiger partial charge is 0.507 e. The van der Waals surface area contributed by atoms with Crippen LogP contribution >= 0.6 is 0 Å². The van der Waals surface area contributed by atoms with Gasteiger partial charge >= 0.3 is 5.97 Å². The summed E-state index contributed by atoms with van der Waals surface area (Å²) in [5.41, 5.74) is 0.0778. The zero-order valence-corrected chi connectivity index (χ0v) is 17.3. The molecule has 3 N–H and O–H groups in total. The Morgan fingerprint density at radius 2 is 2.07 bits per heavy atom. The van der Waals surface area contributed by atoms with Crippen molar-refractivity contribution in [3.63, 3.8) is 0 Å². The number of phenolic OH excluding ortho intramolecular Hbond substituents is 1. The number of aliphatic hydroxyl groups is 1. The van der Waals surface area contributed by atoms with Crippen molar-refractivity contribution in [2.45, 2.75) is 70.4 Å². The quantitative estimate of drug-likeness (QED) is 0.445. The van der Waals surface area contributed by atoms with Crippen molar-refractivity contribution in [3.05, 3.63) is 42.1 Å². The predicted molar refractivity (Wildman–Crippen MR) is 111 cm³/mol. The lowest BCUT2D eigenvalue weighted by atomic mass is 9.95. The Bertz CT molecular complexity index is 809. The van der Waals surface area contributed by atoms with Gasteiger partial charge in [-0.05, 0) is 44.2 Å². The van der Waals surface area contributed by atoms with Gasteiger partial charge in [-0.1, -0.05) is 31.1 Å². The number of amides is 1. The monoisotopic (exact) mass is 415 g/mol. The zero-order valence-electron chi connectivity index (χ0n) is 17.3. The van der Waals surface area contributed by atoms with E-state index in [-0.39, 0.29) is 23.5 Å². The molecule has 4 atom stereocenters. The van der Waals surface area contributed by atoms with E-state index in [1.54, 1.807) is 25.1 Å². The Kier molecular flexibility index (Phi) is 9.39. The van der Waals surface area contributed by atoms with Crippen molar-refractivity contribution < 1.29 is 29.3 Å². The first-order valence-electron chi connectivity index (χ1n) is 10.1. The number of nitrogens with one attached hydrogen (secondary N) is 1. The second kappa shape index (κ2) is 12.0. The summed E-state index contributed by atoms with van der Waals surface area (Å²) >= 11 is 0. The van der Waals surface area contributed by atoms with E-state index >= 15 is 0 Å². The first-order chi connectivity index (χ1) is 14.4. The molecule has 0 bridgehead atoms. The fraction of sp³-hybridized carbons (Fsp3) is 0.478. The summed E-state index contributed by atoms with van der Waals surface area (Å²) in [7, 11) is 0. The molecule has 7 heteroatoms. The lowest BCUT2D eigenvalue weighted by Crippen LogP contribution is -2.38. The van der Waals surface area contributed by atoms with Crippen molar-refractivity contribution >= 4 is 11.9 Å². The zero-order chi connectivity index (χ0) is 21.9. The summed E-state index contributed by atoms with van der Waals surface area (Å²) in [6, 6.07) is 6.17. The van der Waals surface area contributed by atoms with Gasteiger partial charge in [0, 0.05) is 19.0 Å². The molecule has 0 spiro atoms. The molecule has 0 aromatic heterocycles. The molecule has 0 aliphatic carbocycles. The minimum atomic E-state index is -0.643. The molecule has 162 valence electrons. The van der Waals surface area contributed by atoms with Gasteiger partial charge < -0.3 is 25.0 Å². The molecule has 1 aliphatic heterocycles. The second-order valence-electron chi connectivity index (χ2n) is 7.18. The van der Waals surface area contributed by atoms with E-state index < -0.39 is 24.1 Å². The van der Waals surface area contributed by atoms with E-state index in [0.29, 0.717) is 25.7 Å². The maximum atomic E-state index is 12.5. The van der Waals surface area contributed by atoms with Crippen molar-refractivity contribution in [3.8, 4) is 17.6 Å². The van der Waals surface area contributed by atoms with Gasteiger partial charge in [0.05, 0.1) is 18.3 Å². The van der Waals surface area contributed by atoms with Crippen LogP contribution in [0.15, 0.2) is 36.5 Å². The average Bonchev–Trinajstić information content (AvgIpc) is 2.71. The summed E-state index contributed by atoms with van der Waals surface area (Å²) in [5, 5.41) is 22.5. The summed E-state index contributed by atoms with van der Waals surface area (Å²) in [6.45, 7) is 3.57. The van der Waals surface area contributed by atoms with Crippen LogP contribution in [0.5, 0.6) is 5.75 Å². The van der Waals surface area contributed by atoms with E-state index in [4.69, 9.17) is 9.47 Å². The van der Waals surface area contributed by atoms with Crippen molar-refractivity contribution in [2.75, 3.05) is 0 Å². The highest BCUT2D eigenvalue weighted by Gasteiger charge is 2.30. The van der Waals surface area contributed by atoms with Crippen LogP contribution in [0.4, 0.5) is 0 Å². The van der Waals surface area contributed by atoms with Gasteiger partial charge in [-0.2, -0.15) is 0 Å². The fourth-order valence-corrected chi connectivity index (χ4v) is 3.35. The highest BCUT2D eigenvalue weighted by atomic mass is 16.5. The van der Waals surface area contributed by atoms with Crippen LogP contribution < -0.4 is 5.32 Å². The first kappa shape index (κ1) is 23.5. The van der Waals surface area contributed by atoms with Gasteiger partial charge in [-0.25, -0.2) is 4.79 Å². The molecule has 0 radical (unpaired) electrons. The topological polar surface area (TPSA) is 105 Å². The number of aromatic hydroxyl groups is 1. The summed E-state index contributed by atoms with van der Waals surface area (Å²) in [4.78, 5) is 24.0. The number of ether oxygens (including phenoxy) is 2. The van der Waals surface area contributed by atoms with E-state index in [1.807, 2.05) is 6.92 Å². The average molecular weight is 415 g/mol. The number of benzene rings is 1. The standard InChI is InChI=1S/C23H29NO6/c1-3-8-22(27)24-12-7-9-18(15-19-14-16(25)13-17(4-2)29-19)30-23(28)20-10-5-6-11-21(20)26/h5-7,10-12,16-19,25-26H,4,9,13-15H2,1-2H3,(H,24,27)/b12-7+/t16-,17-,18?,19+/m0/s1. The fourth-order valence-electron chi connectivity index (χ4n) is 3.35. The van der Waals surface area contributed by atoms with E-state index in [0.717, 1.165) is 6.42 Å². The van der Waals surface area contributed by atoms with E-state index in [9.17, 15) is 19.8 Å². The maximum Gasteiger partial charge on any atom is 0.342 e. The third-order valence-electron chi connectivity index (χ3n) is 4.80. The molecule has 1 aromatic rings. The number of aliphatic hydroxyl groups excluding tert-OH is 1. The molecule has 0 saturated carbocycles. The lowest BCUT2D eigenvalue weighted by Gasteiger charge is -2.34. The van der Waals surface area contributed by atoms with Crippen molar-refractivity contribution in [1.29, 1.82) is 0 Å². The molecule has 30 heavy (non-hydrogen) atoms. The van der Waals surface area contributed by atoms with E-state index in [1.165, 1.54) is 18.3 Å². The number of carbonyl (C=O) groups is 2. The Morgan fingerprint density at radius 3 is 2.77 bits per heavy atom. The summed E-state index contributed by atoms with van der Waals surface area (Å²) < 4.78 is 11.6. The third kappa shape index (κ3) is 7.54. The predicted octanol–water partition coefficient (Wildman–Crippen LogP) is 2.67. The smallest absolute Gasteiger partial charge is 0.342 e. The number of hydrogen-bond donors (Lipinski definition) is 3. The second-order valence-corrected chi connectivity index (χ2v) is 7.18. The Morgan fingerprint density at radius 1 is 1.33 bits per heavy atom. The normalized spacial score (nSPS) is 22.0. The number of phenols is 1. The van der Waals surface area contributed by atoms with Crippen LogP contribution in [0.1, 0.15) is 56.3 Å². The minimum absolute atomic E-state index is 0.0317. The minimum Gasteiger partial charge on any atom is -0.507 e. The van der Waals surface area contributed by atoms with Crippen LogP contribution in [-0.4, -0.2) is 46.5 Å². The third-order valence-corrected chi connectivity index (χ3v) is 4.80. The summed E-state index contributed by atoms with van der Waals surface area (Å²) in [5.74, 6) is 3.64. The van der Waals surface area contributed by atoms with Crippen LogP contribution in [0, 0.1) is 11.8 Å². The molecule has 1 unspecified atom stereocenters. The maximum absolute atomic E-state index is 12.5. The van der Waals surface area contributed by atoms with Gasteiger partial charge in [0.2, 0.25) is 0 Å². The van der Waals surface area contributed by atoms with E-state index in [2.05, 4.69) is 17.2 Å². The molecule has 1 fully saturated rings. The molecule has 1 aromatic carbocycles. The van der Waals surface area contributed by atoms with Gasteiger partial charge in [0.15, 0.2) is 0 Å². The van der Waals surface area contributed by atoms with Crippen LogP contribution in [-0.2, 0) is 14.3 Å². The molecular weight excluding hydrogens is 386 g/mol. The molecule has 2 rings (SSSR count). The number of carbonyl (C=O) groups excluding carboxylic acids is 2. The van der Waals surface area contributed by atoms with Gasteiger partial charge in [-0.15, -0.1) is 0 Å².